The Morgan fingerprint density at radius 2 is 2.37 bits per heavy atom. The van der Waals surface area contributed by atoms with Crippen molar-refractivity contribution in [1.29, 1.82) is 0 Å². The first-order valence-corrected chi connectivity index (χ1v) is 6.81. The summed E-state index contributed by atoms with van der Waals surface area (Å²) in [6.07, 6.45) is 15.9. The van der Waals surface area contributed by atoms with Gasteiger partial charge in [0.25, 0.3) is 0 Å². The molecule has 0 fully saturated rings. The molecule has 2 heteroatoms. The van der Waals surface area contributed by atoms with E-state index in [1.807, 2.05) is 13.0 Å². The lowest BCUT2D eigenvalue weighted by Gasteiger charge is -2.21. The van der Waals surface area contributed by atoms with Gasteiger partial charge >= 0.3 is 0 Å². The number of hydrogen-bond acceptors (Lipinski definition) is 2. The fourth-order valence-corrected chi connectivity index (χ4v) is 1.83. The monoisotopic (exact) mass is 259 g/mol. The van der Waals surface area contributed by atoms with Gasteiger partial charge in [-0.1, -0.05) is 42.5 Å². The number of methoxy groups -OCH3 is 1. The molecule has 0 aromatic rings. The van der Waals surface area contributed by atoms with Gasteiger partial charge in [-0.2, -0.15) is 0 Å². The summed E-state index contributed by atoms with van der Waals surface area (Å²) in [5, 5.41) is 0. The number of nitrogens with zero attached hydrogens (tertiary/aromatic N) is 1. The van der Waals surface area contributed by atoms with Crippen LogP contribution in [0.2, 0.25) is 0 Å². The predicted molar refractivity (Wildman–Crippen MR) is 83.0 cm³/mol. The van der Waals surface area contributed by atoms with Crippen molar-refractivity contribution in [3.63, 3.8) is 0 Å². The number of ether oxygens (including phenoxy) is 1. The van der Waals surface area contributed by atoms with Gasteiger partial charge in [0.05, 0.1) is 6.10 Å². The van der Waals surface area contributed by atoms with Crippen LogP contribution in [-0.4, -0.2) is 31.2 Å². The Kier molecular flexibility index (Phi) is 6.98. The highest BCUT2D eigenvalue weighted by molar-refractivity contribution is 5.26. The maximum Gasteiger partial charge on any atom is 0.0789 e. The number of rotatable bonds is 7. The Morgan fingerprint density at radius 3 is 2.89 bits per heavy atom. The lowest BCUT2D eigenvalue weighted by Crippen LogP contribution is -2.20. The van der Waals surface area contributed by atoms with Gasteiger partial charge in [0.1, 0.15) is 0 Å². The minimum Gasteiger partial charge on any atom is -0.377 e. The third-order valence-electron chi connectivity index (χ3n) is 3.21. The Bertz CT molecular complexity index is 401. The average molecular weight is 259 g/mol. The van der Waals surface area contributed by atoms with E-state index in [0.29, 0.717) is 0 Å². The first-order valence-electron chi connectivity index (χ1n) is 6.81. The van der Waals surface area contributed by atoms with E-state index < -0.39 is 0 Å². The van der Waals surface area contributed by atoms with E-state index in [9.17, 15) is 0 Å². The van der Waals surface area contributed by atoms with Gasteiger partial charge in [-0.05, 0) is 38.1 Å². The maximum absolute atomic E-state index is 5.30. The molecule has 0 aromatic heterocycles. The first-order chi connectivity index (χ1) is 9.19. The molecular formula is C17H25NO. The SMILES string of the molecule is C=C/C(C)=C\C=C\N(CC)CC1=CCC(OC)C=C1. The van der Waals surface area contributed by atoms with Crippen molar-refractivity contribution in [3.8, 4) is 0 Å². The van der Waals surface area contributed by atoms with Crippen molar-refractivity contribution in [1.82, 2.24) is 4.90 Å². The highest BCUT2D eigenvalue weighted by Gasteiger charge is 2.08. The van der Waals surface area contributed by atoms with E-state index in [1.54, 1.807) is 7.11 Å². The van der Waals surface area contributed by atoms with E-state index >= 15 is 0 Å². The molecule has 1 atom stereocenters. The zero-order valence-corrected chi connectivity index (χ0v) is 12.3. The highest BCUT2D eigenvalue weighted by atomic mass is 16.5. The predicted octanol–water partition coefficient (Wildman–Crippen LogP) is 3.86. The summed E-state index contributed by atoms with van der Waals surface area (Å²) < 4.78 is 5.30. The Labute approximate surface area is 117 Å². The van der Waals surface area contributed by atoms with Gasteiger partial charge in [0.2, 0.25) is 0 Å². The number of hydrogen-bond donors (Lipinski definition) is 0. The molecule has 1 rings (SSSR count). The number of likely N-dealkylation sites (N-methyl/N-ethyl adjacent to an activating group) is 1. The average Bonchev–Trinajstić information content (AvgIpc) is 2.46. The van der Waals surface area contributed by atoms with Gasteiger partial charge in [-0.25, -0.2) is 0 Å². The van der Waals surface area contributed by atoms with Gasteiger partial charge < -0.3 is 9.64 Å². The molecule has 0 aromatic carbocycles. The second-order valence-corrected chi connectivity index (χ2v) is 4.67. The molecule has 0 bridgehead atoms. The molecule has 1 aliphatic carbocycles. The van der Waals surface area contributed by atoms with E-state index in [-0.39, 0.29) is 6.10 Å². The molecule has 2 nitrogen and oxygen atoms in total. The van der Waals surface area contributed by atoms with Crippen molar-refractivity contribution in [3.05, 3.63) is 60.4 Å². The van der Waals surface area contributed by atoms with Crippen LogP contribution in [0, 0.1) is 0 Å². The summed E-state index contributed by atoms with van der Waals surface area (Å²) in [6, 6.07) is 0. The smallest absolute Gasteiger partial charge is 0.0789 e. The Morgan fingerprint density at radius 1 is 1.58 bits per heavy atom. The van der Waals surface area contributed by atoms with Gasteiger partial charge in [-0.15, -0.1) is 0 Å². The van der Waals surface area contributed by atoms with Crippen molar-refractivity contribution >= 4 is 0 Å². The normalized spacial score (nSPS) is 19.6. The van der Waals surface area contributed by atoms with Crippen LogP contribution < -0.4 is 0 Å². The molecule has 0 spiro atoms. The molecule has 1 aliphatic rings. The lowest BCUT2D eigenvalue weighted by molar-refractivity contribution is 0.142. The Balaban J connectivity index is 2.52. The summed E-state index contributed by atoms with van der Waals surface area (Å²) in [7, 11) is 1.75. The summed E-state index contributed by atoms with van der Waals surface area (Å²) in [4.78, 5) is 2.29. The van der Waals surface area contributed by atoms with Gasteiger partial charge in [0.15, 0.2) is 0 Å². The summed E-state index contributed by atoms with van der Waals surface area (Å²) in [5.41, 5.74) is 2.52. The molecule has 1 unspecified atom stereocenters. The van der Waals surface area contributed by atoms with Gasteiger partial charge in [-0.3, -0.25) is 0 Å². The topological polar surface area (TPSA) is 12.5 Å². The van der Waals surface area contributed by atoms with E-state index in [4.69, 9.17) is 4.74 Å². The molecule has 0 N–H and O–H groups in total. The Hall–Kier alpha value is -1.54. The minimum atomic E-state index is 0.243. The van der Waals surface area contributed by atoms with Crippen LogP contribution in [-0.2, 0) is 4.74 Å². The van der Waals surface area contributed by atoms with E-state index in [2.05, 4.69) is 55.0 Å². The van der Waals surface area contributed by atoms with Crippen LogP contribution in [0.25, 0.3) is 0 Å². The van der Waals surface area contributed by atoms with Crippen LogP contribution in [0.1, 0.15) is 20.3 Å². The summed E-state index contributed by atoms with van der Waals surface area (Å²) in [6.45, 7) is 9.90. The zero-order valence-electron chi connectivity index (χ0n) is 12.3. The molecule has 0 radical (unpaired) electrons. The third kappa shape index (κ3) is 5.75. The van der Waals surface area contributed by atoms with E-state index in [0.717, 1.165) is 19.5 Å². The molecular weight excluding hydrogens is 234 g/mol. The quantitative estimate of drug-likeness (QED) is 0.644. The third-order valence-corrected chi connectivity index (χ3v) is 3.21. The van der Waals surface area contributed by atoms with Crippen LogP contribution in [0.5, 0.6) is 0 Å². The number of allylic oxidation sites excluding steroid dienone is 4. The fraction of sp³-hybridized carbons (Fsp3) is 0.412. The van der Waals surface area contributed by atoms with Crippen molar-refractivity contribution in [2.45, 2.75) is 26.4 Å². The van der Waals surface area contributed by atoms with Crippen molar-refractivity contribution in [2.75, 3.05) is 20.2 Å². The summed E-state index contributed by atoms with van der Waals surface area (Å²) >= 11 is 0. The van der Waals surface area contributed by atoms with Crippen molar-refractivity contribution in [2.24, 2.45) is 0 Å². The second kappa shape index (κ2) is 8.54. The fourth-order valence-electron chi connectivity index (χ4n) is 1.83. The lowest BCUT2D eigenvalue weighted by atomic mass is 10.0. The van der Waals surface area contributed by atoms with Crippen molar-refractivity contribution < 1.29 is 4.74 Å². The molecule has 104 valence electrons. The standard InChI is InChI=1S/C17H25NO/c1-5-15(3)8-7-13-18(6-2)14-16-9-11-17(19-4)12-10-16/h5,7-11,13,17H,1,6,12,14H2,2-4H3/b13-7+,15-8-. The van der Waals surface area contributed by atoms with E-state index in [1.165, 1.54) is 11.1 Å². The maximum atomic E-state index is 5.30. The van der Waals surface area contributed by atoms with Crippen LogP contribution in [0.3, 0.4) is 0 Å². The van der Waals surface area contributed by atoms with Gasteiger partial charge in [0, 0.05) is 20.2 Å². The minimum absolute atomic E-state index is 0.243. The highest BCUT2D eigenvalue weighted by Crippen LogP contribution is 2.14. The second-order valence-electron chi connectivity index (χ2n) is 4.67. The molecule has 0 saturated heterocycles. The molecule has 0 heterocycles. The molecule has 0 aliphatic heterocycles. The largest absolute Gasteiger partial charge is 0.377 e. The summed E-state index contributed by atoms with van der Waals surface area (Å²) in [5.74, 6) is 0. The van der Waals surface area contributed by atoms with Crippen LogP contribution in [0.15, 0.2) is 60.4 Å². The first kappa shape index (κ1) is 15.5. The molecule has 0 amide bonds. The van der Waals surface area contributed by atoms with Crippen LogP contribution >= 0.6 is 0 Å². The van der Waals surface area contributed by atoms with Crippen LogP contribution in [0.4, 0.5) is 0 Å². The molecule has 19 heavy (non-hydrogen) atoms. The molecule has 0 saturated carbocycles. The zero-order chi connectivity index (χ0) is 14.1.